The molecule has 2 atom stereocenters. The highest BCUT2D eigenvalue weighted by Crippen LogP contribution is 2.20. The fraction of sp³-hybridized carbons (Fsp3) is 0.944. The van der Waals surface area contributed by atoms with Gasteiger partial charge >= 0.3 is 0 Å². The van der Waals surface area contributed by atoms with Crippen LogP contribution in [0.1, 0.15) is 87.5 Å². The number of ketones is 1. The predicted octanol–water partition coefficient (Wildman–Crippen LogP) is 6.12. The summed E-state index contributed by atoms with van der Waals surface area (Å²) in [6.07, 6.45) is 7.01. The maximum Gasteiger partial charge on any atom is 0.138 e. The van der Waals surface area contributed by atoms with E-state index in [-0.39, 0.29) is 11.8 Å². The molecule has 0 spiro atoms. The molecule has 0 N–H and O–H groups in total. The second-order valence-corrected chi connectivity index (χ2v) is 6.53. The normalized spacial score (nSPS) is 14.0. The van der Waals surface area contributed by atoms with Gasteiger partial charge in [-0.15, -0.1) is 0 Å². The van der Waals surface area contributed by atoms with Crippen molar-refractivity contribution in [1.29, 1.82) is 0 Å². The molecule has 0 heterocycles. The quantitative estimate of drug-likeness (QED) is 0.486. The van der Waals surface area contributed by atoms with E-state index in [4.69, 9.17) is 0 Å². The van der Waals surface area contributed by atoms with Crippen LogP contribution in [0, 0.1) is 23.7 Å². The Hall–Kier alpha value is -0.330. The molecule has 0 amide bonds. The van der Waals surface area contributed by atoms with E-state index in [0.717, 1.165) is 0 Å². The molecule has 0 aromatic carbocycles. The number of carbonyl (C=O) groups is 1. The fourth-order valence-corrected chi connectivity index (χ4v) is 1.75. The van der Waals surface area contributed by atoms with E-state index in [1.165, 1.54) is 32.1 Å². The van der Waals surface area contributed by atoms with Gasteiger partial charge in [-0.05, 0) is 11.8 Å². The molecule has 0 rings (SSSR count). The van der Waals surface area contributed by atoms with Crippen LogP contribution in [0.25, 0.3) is 0 Å². The SMILES string of the molecule is CC(C)C(C)C(=O)C(C)C(C)C.CCCCCCC. The van der Waals surface area contributed by atoms with Crippen LogP contribution in [0.4, 0.5) is 0 Å². The summed E-state index contributed by atoms with van der Waals surface area (Å²) in [4.78, 5) is 11.7. The van der Waals surface area contributed by atoms with Gasteiger partial charge in [0.15, 0.2) is 0 Å². The van der Waals surface area contributed by atoms with E-state index in [1.54, 1.807) is 0 Å². The number of carbonyl (C=O) groups excluding carboxylic acids is 1. The van der Waals surface area contributed by atoms with Crippen molar-refractivity contribution in [3.63, 3.8) is 0 Å². The van der Waals surface area contributed by atoms with Crippen LogP contribution in [-0.2, 0) is 4.79 Å². The van der Waals surface area contributed by atoms with Crippen LogP contribution < -0.4 is 0 Å². The number of rotatable bonds is 8. The molecule has 0 aliphatic carbocycles. The average Bonchev–Trinajstić information content (AvgIpc) is 2.37. The van der Waals surface area contributed by atoms with Crippen LogP contribution in [0.15, 0.2) is 0 Å². The number of hydrogen-bond acceptors (Lipinski definition) is 1. The molecular formula is C18H38O. The highest BCUT2D eigenvalue weighted by molar-refractivity contribution is 5.83. The number of unbranched alkanes of at least 4 members (excludes halogenated alkanes) is 4. The molecule has 0 aromatic rings. The minimum Gasteiger partial charge on any atom is -0.299 e. The zero-order valence-corrected chi connectivity index (χ0v) is 14.8. The second-order valence-electron chi connectivity index (χ2n) is 6.53. The van der Waals surface area contributed by atoms with Gasteiger partial charge in [-0.25, -0.2) is 0 Å². The van der Waals surface area contributed by atoms with E-state index in [1.807, 2.05) is 13.8 Å². The lowest BCUT2D eigenvalue weighted by Gasteiger charge is -2.21. The summed E-state index contributed by atoms with van der Waals surface area (Å²) in [5, 5.41) is 0. The lowest BCUT2D eigenvalue weighted by Crippen LogP contribution is -2.26. The van der Waals surface area contributed by atoms with Gasteiger partial charge in [-0.3, -0.25) is 4.79 Å². The van der Waals surface area contributed by atoms with Gasteiger partial charge in [0.1, 0.15) is 5.78 Å². The Morgan fingerprint density at radius 3 is 1.21 bits per heavy atom. The van der Waals surface area contributed by atoms with Crippen molar-refractivity contribution in [3.8, 4) is 0 Å². The smallest absolute Gasteiger partial charge is 0.138 e. The first-order valence-electron chi connectivity index (χ1n) is 8.33. The van der Waals surface area contributed by atoms with E-state index in [9.17, 15) is 4.79 Å². The minimum absolute atomic E-state index is 0.211. The summed E-state index contributed by atoms with van der Waals surface area (Å²) in [5.74, 6) is 1.78. The Balaban J connectivity index is 0. The highest BCUT2D eigenvalue weighted by Gasteiger charge is 2.24. The molecule has 0 aromatic heterocycles. The van der Waals surface area contributed by atoms with Crippen molar-refractivity contribution in [2.75, 3.05) is 0 Å². The predicted molar refractivity (Wildman–Crippen MR) is 87.4 cm³/mol. The lowest BCUT2D eigenvalue weighted by molar-refractivity contribution is -0.128. The van der Waals surface area contributed by atoms with Gasteiger partial charge in [0.2, 0.25) is 0 Å². The molecule has 0 fully saturated rings. The summed E-state index contributed by atoms with van der Waals surface area (Å²) in [5.41, 5.74) is 0. The Labute approximate surface area is 122 Å². The lowest BCUT2D eigenvalue weighted by atomic mass is 9.82. The van der Waals surface area contributed by atoms with Crippen molar-refractivity contribution in [1.82, 2.24) is 0 Å². The van der Waals surface area contributed by atoms with Crippen molar-refractivity contribution in [2.45, 2.75) is 87.5 Å². The van der Waals surface area contributed by atoms with Gasteiger partial charge in [0.25, 0.3) is 0 Å². The topological polar surface area (TPSA) is 17.1 Å². The Kier molecular flexibility index (Phi) is 14.0. The second kappa shape index (κ2) is 12.7. The van der Waals surface area contributed by atoms with E-state index in [0.29, 0.717) is 17.6 Å². The zero-order valence-electron chi connectivity index (χ0n) is 14.8. The summed E-state index contributed by atoms with van der Waals surface area (Å²) in [7, 11) is 0. The molecule has 2 unspecified atom stereocenters. The third-order valence-corrected chi connectivity index (χ3v) is 4.10. The third kappa shape index (κ3) is 11.2. The maximum atomic E-state index is 11.7. The summed E-state index contributed by atoms with van der Waals surface area (Å²) in [6, 6.07) is 0. The molecule has 116 valence electrons. The van der Waals surface area contributed by atoms with Gasteiger partial charge in [-0.1, -0.05) is 87.5 Å². The van der Waals surface area contributed by atoms with E-state index < -0.39 is 0 Å². The van der Waals surface area contributed by atoms with E-state index >= 15 is 0 Å². The number of Topliss-reactive ketones (excluding diaryl/α,β-unsaturated/α-hetero) is 1. The molecule has 0 saturated carbocycles. The van der Waals surface area contributed by atoms with Crippen molar-refractivity contribution in [3.05, 3.63) is 0 Å². The largest absolute Gasteiger partial charge is 0.299 e. The Morgan fingerprint density at radius 2 is 1.00 bits per heavy atom. The van der Waals surface area contributed by atoms with Crippen molar-refractivity contribution in [2.24, 2.45) is 23.7 Å². The monoisotopic (exact) mass is 270 g/mol. The average molecular weight is 271 g/mol. The summed E-state index contributed by atoms with van der Waals surface area (Å²) < 4.78 is 0. The standard InChI is InChI=1S/C11H22O.C7H16/c1-7(2)9(5)11(12)10(6)8(3)4;1-3-5-7-6-4-2/h7-10H,1-6H3;3-7H2,1-2H3. The van der Waals surface area contributed by atoms with Gasteiger partial charge in [0, 0.05) is 11.8 Å². The summed E-state index contributed by atoms with van der Waals surface area (Å²) in [6.45, 7) is 17.0. The van der Waals surface area contributed by atoms with Crippen molar-refractivity contribution < 1.29 is 4.79 Å². The first-order valence-corrected chi connectivity index (χ1v) is 8.33. The third-order valence-electron chi connectivity index (χ3n) is 4.10. The Morgan fingerprint density at radius 1 is 0.684 bits per heavy atom. The zero-order chi connectivity index (χ0) is 15.4. The molecule has 0 bridgehead atoms. The molecule has 0 aliphatic heterocycles. The minimum atomic E-state index is 0.211. The molecule has 0 aliphatic rings. The maximum absolute atomic E-state index is 11.7. The number of hydrogen-bond donors (Lipinski definition) is 0. The molecule has 0 saturated heterocycles. The fourth-order valence-electron chi connectivity index (χ4n) is 1.75. The summed E-state index contributed by atoms with van der Waals surface area (Å²) >= 11 is 0. The van der Waals surface area contributed by atoms with Gasteiger partial charge in [0.05, 0.1) is 0 Å². The van der Waals surface area contributed by atoms with Gasteiger partial charge in [-0.2, -0.15) is 0 Å². The van der Waals surface area contributed by atoms with Crippen LogP contribution in [0.2, 0.25) is 0 Å². The first kappa shape index (κ1) is 21.0. The molecule has 0 radical (unpaired) electrons. The first-order chi connectivity index (χ1) is 8.79. The van der Waals surface area contributed by atoms with Crippen LogP contribution in [-0.4, -0.2) is 5.78 Å². The molecule has 1 heteroatoms. The highest BCUT2D eigenvalue weighted by atomic mass is 16.1. The molecule has 1 nitrogen and oxygen atoms in total. The molecule has 19 heavy (non-hydrogen) atoms. The Bertz CT molecular complexity index is 186. The van der Waals surface area contributed by atoms with Crippen LogP contribution in [0.3, 0.4) is 0 Å². The van der Waals surface area contributed by atoms with Crippen LogP contribution in [0.5, 0.6) is 0 Å². The van der Waals surface area contributed by atoms with Crippen molar-refractivity contribution >= 4 is 5.78 Å². The molecular weight excluding hydrogens is 232 g/mol. The van der Waals surface area contributed by atoms with Crippen LogP contribution >= 0.6 is 0 Å². The van der Waals surface area contributed by atoms with E-state index in [2.05, 4.69) is 41.5 Å². The van der Waals surface area contributed by atoms with Gasteiger partial charge < -0.3 is 0 Å².